The quantitative estimate of drug-likeness (QED) is 0.0217. The molecule has 14 atom stereocenters. The van der Waals surface area contributed by atoms with Crippen LogP contribution in [-0.4, -0.2) is 207 Å². The molecule has 0 unspecified atom stereocenters. The fraction of sp³-hybridized carbons (Fsp3) is 0.525. The molecule has 2 aliphatic heterocycles. The van der Waals surface area contributed by atoms with Gasteiger partial charge in [0, 0.05) is 86.1 Å². The molecule has 2 fully saturated rings. The van der Waals surface area contributed by atoms with E-state index in [-0.39, 0.29) is 66.6 Å². The molecule has 3 aliphatic rings. The van der Waals surface area contributed by atoms with Crippen molar-refractivity contribution in [3.05, 3.63) is 136 Å². The Morgan fingerprint density at radius 2 is 1.35 bits per heavy atom. The molecular formula is C80H104N8O21S. The van der Waals surface area contributed by atoms with Crippen LogP contribution >= 0.6 is 11.3 Å². The number of esters is 4. The molecule has 0 saturated carbocycles. The number of carbonyl (C=O) groups excluding carboxylic acids is 11. The number of anilines is 1. The van der Waals surface area contributed by atoms with Gasteiger partial charge in [-0.1, -0.05) is 140 Å². The van der Waals surface area contributed by atoms with Crippen LogP contribution in [0.25, 0.3) is 11.1 Å². The third kappa shape index (κ3) is 21.7. The minimum Gasteiger partial charge on any atom is -0.467 e. The molecule has 2 saturated heterocycles. The molecule has 1 aromatic heterocycles. The first kappa shape index (κ1) is 85.6. The van der Waals surface area contributed by atoms with Crippen molar-refractivity contribution < 1.29 is 100 Å². The molecule has 4 N–H and O–H groups in total. The normalized spacial score (nSPS) is 19.4. The van der Waals surface area contributed by atoms with E-state index in [2.05, 4.69) is 26.3 Å². The lowest BCUT2D eigenvalue weighted by Crippen LogP contribution is -2.64. The van der Waals surface area contributed by atoms with Gasteiger partial charge in [0.2, 0.25) is 41.9 Å². The molecule has 4 aromatic carbocycles. The summed E-state index contributed by atoms with van der Waals surface area (Å²) in [6.07, 6.45) is -8.57. The molecule has 30 heteroatoms. The number of alkyl carbamates (subject to hydrolysis) is 1. The fourth-order valence-corrected chi connectivity index (χ4v) is 15.3. The van der Waals surface area contributed by atoms with Gasteiger partial charge < -0.3 is 78.4 Å². The van der Waals surface area contributed by atoms with E-state index >= 15 is 4.79 Å². The van der Waals surface area contributed by atoms with E-state index in [4.69, 9.17) is 47.4 Å². The van der Waals surface area contributed by atoms with Gasteiger partial charge in [0.05, 0.1) is 55.5 Å². The number of hydrogen-bond donors (Lipinski definition) is 4. The van der Waals surface area contributed by atoms with Crippen molar-refractivity contribution in [3.8, 4) is 16.9 Å². The molecule has 3 heterocycles. The summed E-state index contributed by atoms with van der Waals surface area (Å²) in [4.78, 5) is 160. The van der Waals surface area contributed by atoms with Crippen LogP contribution in [0.15, 0.2) is 109 Å². The third-order valence-corrected chi connectivity index (χ3v) is 21.1. The number of methoxy groups -OCH3 is 3. The molecule has 7 amide bonds. The number of thiazole rings is 1. The highest BCUT2D eigenvalue weighted by Crippen LogP contribution is 2.45. The third-order valence-electron chi connectivity index (χ3n) is 20.2. The van der Waals surface area contributed by atoms with E-state index in [1.165, 1.54) is 48.6 Å². The average Bonchev–Trinajstić information content (AvgIpc) is 1.50. The Morgan fingerprint density at radius 3 is 1.94 bits per heavy atom. The second kappa shape index (κ2) is 40.1. The van der Waals surface area contributed by atoms with E-state index in [1.54, 1.807) is 59.9 Å². The van der Waals surface area contributed by atoms with Crippen molar-refractivity contribution in [2.45, 2.75) is 193 Å². The maximum atomic E-state index is 15.1. The number of amides is 7. The molecule has 5 aromatic rings. The van der Waals surface area contributed by atoms with Gasteiger partial charge in [-0.05, 0) is 82.5 Å². The monoisotopic (exact) mass is 1540 g/mol. The molecule has 1 aliphatic carbocycles. The number of likely N-dealkylation sites (N-methyl/N-ethyl adjacent to an activating group) is 2. The standard InChI is InChI=1S/C80H104N8O21S/c1-16-46(6)67(62(100-13)41-64(93)88-37-24-31-60(88)68(101-14)47(7)73(94)84-59(75-81-36-38-110-75)39-51-25-18-17-19-26-51)86(11)76(96)65(44(2)3)85-74(95)66(45(4)5)87(12)80(99)104-42-52-32-33-61(108-78-72(107-50(10)91)70(106-49(9)90)69(105-48(8)89)71(109-78)77(97)102-15)58(40-52)83-63(92)34-35-82-79(98)103-43-57-55-29-22-20-27-53(55)54-28-21-23-30-56(54)57/h17-23,25-30,32-33,36,38,40,44-47,57,59-60,62,65-72,78H,16,24,31,34-35,37,39,41-43H2,1-15H3,(H,82,98)(H,83,92)(H,84,94)(H,85,95)/t46-,47+,59-,60-,62+,65-,66-,67-,68+,69-,70-,71-,72+,78+/m0/s1. The number of aromatic nitrogens is 1. The highest BCUT2D eigenvalue weighted by Gasteiger charge is 2.56. The van der Waals surface area contributed by atoms with Crippen LogP contribution in [0.3, 0.4) is 0 Å². The van der Waals surface area contributed by atoms with Crippen molar-refractivity contribution in [1.82, 2.24) is 35.6 Å². The lowest BCUT2D eigenvalue weighted by molar-refractivity contribution is -0.282. The van der Waals surface area contributed by atoms with Crippen LogP contribution in [0.5, 0.6) is 5.75 Å². The van der Waals surface area contributed by atoms with Crippen LogP contribution in [0.4, 0.5) is 15.3 Å². The van der Waals surface area contributed by atoms with E-state index < -0.39 is 151 Å². The summed E-state index contributed by atoms with van der Waals surface area (Å²) in [5.74, 6) is -8.65. The van der Waals surface area contributed by atoms with Gasteiger partial charge in [0.1, 0.15) is 36.1 Å². The lowest BCUT2D eigenvalue weighted by Gasteiger charge is -2.43. The first-order valence-corrected chi connectivity index (χ1v) is 37.9. The van der Waals surface area contributed by atoms with Gasteiger partial charge in [-0.3, -0.25) is 43.3 Å². The van der Waals surface area contributed by atoms with Crippen molar-refractivity contribution in [1.29, 1.82) is 0 Å². The highest BCUT2D eigenvalue weighted by atomic mass is 32.1. The van der Waals surface area contributed by atoms with Crippen LogP contribution in [0.1, 0.15) is 141 Å². The largest absolute Gasteiger partial charge is 0.467 e. The van der Waals surface area contributed by atoms with Crippen LogP contribution in [0, 0.1) is 23.7 Å². The number of benzene rings is 4. The summed E-state index contributed by atoms with van der Waals surface area (Å²) in [5, 5.41) is 14.1. The van der Waals surface area contributed by atoms with Gasteiger partial charge in [0.25, 0.3) is 0 Å². The molecule has 0 radical (unpaired) electrons. The second-order valence-electron chi connectivity index (χ2n) is 28.5. The zero-order chi connectivity index (χ0) is 80.2. The highest BCUT2D eigenvalue weighted by molar-refractivity contribution is 7.09. The van der Waals surface area contributed by atoms with Gasteiger partial charge in [-0.25, -0.2) is 19.4 Å². The molecule has 596 valence electrons. The van der Waals surface area contributed by atoms with E-state index in [9.17, 15) is 47.9 Å². The van der Waals surface area contributed by atoms with Gasteiger partial charge >= 0.3 is 36.1 Å². The summed E-state index contributed by atoms with van der Waals surface area (Å²) in [7, 11) is 7.04. The van der Waals surface area contributed by atoms with Crippen molar-refractivity contribution >= 4 is 82.6 Å². The Morgan fingerprint density at radius 1 is 0.709 bits per heavy atom. The number of likely N-dealkylation sites (tertiary alicyclic amines) is 1. The zero-order valence-corrected chi connectivity index (χ0v) is 65.9. The van der Waals surface area contributed by atoms with E-state index in [1.807, 2.05) is 98.1 Å². The molecule has 8 rings (SSSR count). The lowest BCUT2D eigenvalue weighted by atomic mass is 9.89. The van der Waals surface area contributed by atoms with E-state index in [0.29, 0.717) is 32.2 Å². The number of nitrogens with one attached hydrogen (secondary N) is 4. The Balaban J connectivity index is 0.954. The minimum absolute atomic E-state index is 0.0103. The second-order valence-corrected chi connectivity index (χ2v) is 29.4. The maximum absolute atomic E-state index is 15.1. The maximum Gasteiger partial charge on any atom is 0.410 e. The Kier molecular flexibility index (Phi) is 31.2. The number of rotatable bonds is 35. The molecular weight excluding hydrogens is 1440 g/mol. The Hall–Kier alpha value is -10.0. The number of hydrogen-bond acceptors (Lipinski definition) is 23. The average molecular weight is 1550 g/mol. The molecule has 0 spiro atoms. The van der Waals surface area contributed by atoms with Crippen LogP contribution in [-0.2, 0) is 98.8 Å². The fourth-order valence-electron chi connectivity index (χ4n) is 14.6. The van der Waals surface area contributed by atoms with Gasteiger partial charge in [-0.15, -0.1) is 11.3 Å². The first-order chi connectivity index (χ1) is 52.5. The summed E-state index contributed by atoms with van der Waals surface area (Å²) < 4.78 is 57.6. The number of carbonyl (C=O) groups is 11. The van der Waals surface area contributed by atoms with Crippen molar-refractivity contribution in [3.63, 3.8) is 0 Å². The molecule has 0 bridgehead atoms. The van der Waals surface area contributed by atoms with Crippen molar-refractivity contribution in [2.24, 2.45) is 23.7 Å². The van der Waals surface area contributed by atoms with Gasteiger partial charge in [0.15, 0.2) is 18.3 Å². The van der Waals surface area contributed by atoms with Crippen molar-refractivity contribution in [2.75, 3.05) is 60.4 Å². The Bertz CT molecular complexity index is 3970. The Labute approximate surface area is 645 Å². The predicted octanol–water partition coefficient (Wildman–Crippen LogP) is 8.84. The van der Waals surface area contributed by atoms with E-state index in [0.717, 1.165) is 65.6 Å². The number of ether oxygens (including phenoxy) is 10. The summed E-state index contributed by atoms with van der Waals surface area (Å²) in [6.45, 7) is 15.5. The van der Waals surface area contributed by atoms with Crippen LogP contribution in [0.2, 0.25) is 0 Å². The first-order valence-electron chi connectivity index (χ1n) is 37.0. The predicted molar refractivity (Wildman–Crippen MR) is 403 cm³/mol. The van der Waals surface area contributed by atoms with Crippen LogP contribution < -0.4 is 26.0 Å². The van der Waals surface area contributed by atoms with Gasteiger partial charge in [-0.2, -0.15) is 0 Å². The smallest absolute Gasteiger partial charge is 0.410 e. The summed E-state index contributed by atoms with van der Waals surface area (Å²) >= 11 is 1.46. The zero-order valence-electron chi connectivity index (χ0n) is 65.0. The topological polar surface area (TPSA) is 351 Å². The SMILES string of the molecule is CC[C@H](C)[C@@H]([C@@H](CC(=O)N1CCC[C@H]1[C@H](OC)[C@@H](C)C(=O)N[C@@H](Cc1ccccc1)c1nccs1)OC)N(C)C(=O)[C@@H](NC(=O)[C@H](C(C)C)N(C)C(=O)OCc1ccc(O[C@@H]2O[C@H](C(=O)OC)[C@@H](OC(C)=O)[C@H](OC(C)=O)[C@H]2OC(C)=O)c(NC(=O)CCNC(=O)OCC2c3ccccc3-c3ccccc32)c1)C(C)C. The number of fused-ring (bicyclic) bond motifs is 3. The summed E-state index contributed by atoms with van der Waals surface area (Å²) in [5.41, 5.74) is 5.20. The molecule has 29 nitrogen and oxygen atoms in total. The molecule has 110 heavy (non-hydrogen) atoms. The minimum atomic E-state index is -1.87. The number of nitrogens with zero attached hydrogens (tertiary/aromatic N) is 4. The summed E-state index contributed by atoms with van der Waals surface area (Å²) in [6, 6.07) is 25.7.